The SMILES string of the molecule is Cc1ncc(CN(C)C)c([C@H]2CCCN2Cc2nccn2C(C)C)n1. The first-order chi connectivity index (χ1) is 12.0. The highest BCUT2D eigenvalue weighted by Gasteiger charge is 2.30. The fraction of sp³-hybridized carbons (Fsp3) is 0.632. The average molecular weight is 342 g/mol. The topological polar surface area (TPSA) is 50.1 Å². The van der Waals surface area contributed by atoms with Gasteiger partial charge in [0.1, 0.15) is 11.6 Å². The van der Waals surface area contributed by atoms with Gasteiger partial charge in [0.05, 0.1) is 18.3 Å². The summed E-state index contributed by atoms with van der Waals surface area (Å²) >= 11 is 0. The first-order valence-electron chi connectivity index (χ1n) is 9.18. The number of aromatic nitrogens is 4. The molecule has 0 unspecified atom stereocenters. The summed E-state index contributed by atoms with van der Waals surface area (Å²) < 4.78 is 2.27. The molecule has 2 aromatic heterocycles. The van der Waals surface area contributed by atoms with E-state index in [1.807, 2.05) is 19.3 Å². The maximum Gasteiger partial charge on any atom is 0.125 e. The number of rotatable bonds is 6. The fourth-order valence-electron chi connectivity index (χ4n) is 3.71. The second-order valence-corrected chi connectivity index (χ2v) is 7.54. The number of hydrogen-bond acceptors (Lipinski definition) is 5. The molecule has 1 atom stereocenters. The number of likely N-dealkylation sites (tertiary alicyclic amines) is 1. The third kappa shape index (κ3) is 4.07. The summed E-state index contributed by atoms with van der Waals surface area (Å²) in [4.78, 5) is 18.6. The summed E-state index contributed by atoms with van der Waals surface area (Å²) in [6.45, 7) is 9.24. The normalized spacial score (nSPS) is 18.6. The van der Waals surface area contributed by atoms with Crippen LogP contribution >= 0.6 is 0 Å². The Labute approximate surface area is 150 Å². The second-order valence-electron chi connectivity index (χ2n) is 7.54. The highest BCUT2D eigenvalue weighted by atomic mass is 15.2. The van der Waals surface area contributed by atoms with E-state index in [1.165, 1.54) is 17.7 Å². The second kappa shape index (κ2) is 7.62. The molecule has 1 fully saturated rings. The molecule has 6 heteroatoms. The van der Waals surface area contributed by atoms with Crippen LogP contribution in [0, 0.1) is 6.92 Å². The molecule has 25 heavy (non-hydrogen) atoms. The molecule has 0 saturated carbocycles. The van der Waals surface area contributed by atoms with Gasteiger partial charge in [-0.3, -0.25) is 4.90 Å². The molecule has 0 spiro atoms. The van der Waals surface area contributed by atoms with E-state index < -0.39 is 0 Å². The van der Waals surface area contributed by atoms with E-state index in [9.17, 15) is 0 Å². The molecule has 3 rings (SSSR count). The van der Waals surface area contributed by atoms with Gasteiger partial charge in [-0.2, -0.15) is 0 Å². The van der Waals surface area contributed by atoms with E-state index in [1.54, 1.807) is 0 Å². The van der Waals surface area contributed by atoms with Crippen molar-refractivity contribution in [2.24, 2.45) is 0 Å². The van der Waals surface area contributed by atoms with Crippen LogP contribution in [0.5, 0.6) is 0 Å². The fourth-order valence-corrected chi connectivity index (χ4v) is 3.71. The maximum absolute atomic E-state index is 4.84. The molecule has 0 amide bonds. The number of imidazole rings is 1. The lowest BCUT2D eigenvalue weighted by atomic mass is 10.1. The molecular formula is C19H30N6. The van der Waals surface area contributed by atoms with Gasteiger partial charge >= 0.3 is 0 Å². The number of aryl methyl sites for hydroxylation is 1. The van der Waals surface area contributed by atoms with Crippen molar-refractivity contribution in [3.8, 4) is 0 Å². The molecule has 2 aromatic rings. The van der Waals surface area contributed by atoms with Crippen molar-refractivity contribution in [1.29, 1.82) is 0 Å². The minimum Gasteiger partial charge on any atom is -0.331 e. The Hall–Kier alpha value is -1.79. The van der Waals surface area contributed by atoms with Gasteiger partial charge < -0.3 is 9.47 Å². The van der Waals surface area contributed by atoms with Crippen LogP contribution < -0.4 is 0 Å². The summed E-state index contributed by atoms with van der Waals surface area (Å²) in [7, 11) is 4.19. The minimum atomic E-state index is 0.356. The Morgan fingerprint density at radius 2 is 2.08 bits per heavy atom. The van der Waals surface area contributed by atoms with E-state index >= 15 is 0 Å². The zero-order valence-electron chi connectivity index (χ0n) is 16.1. The van der Waals surface area contributed by atoms with Crippen molar-refractivity contribution in [2.75, 3.05) is 20.6 Å². The third-order valence-corrected chi connectivity index (χ3v) is 4.83. The summed E-state index contributed by atoms with van der Waals surface area (Å²) in [6.07, 6.45) is 8.35. The Morgan fingerprint density at radius 3 is 2.80 bits per heavy atom. The summed E-state index contributed by atoms with van der Waals surface area (Å²) in [5, 5.41) is 0. The summed E-state index contributed by atoms with van der Waals surface area (Å²) in [5.41, 5.74) is 2.43. The Balaban J connectivity index is 1.86. The highest BCUT2D eigenvalue weighted by Crippen LogP contribution is 2.34. The molecule has 0 bridgehead atoms. The van der Waals surface area contributed by atoms with Crippen LogP contribution in [0.1, 0.15) is 61.7 Å². The van der Waals surface area contributed by atoms with Crippen molar-refractivity contribution < 1.29 is 0 Å². The molecular weight excluding hydrogens is 312 g/mol. The highest BCUT2D eigenvalue weighted by molar-refractivity contribution is 5.22. The van der Waals surface area contributed by atoms with Crippen molar-refractivity contribution in [1.82, 2.24) is 29.3 Å². The maximum atomic E-state index is 4.84. The number of nitrogens with zero attached hydrogens (tertiary/aromatic N) is 6. The van der Waals surface area contributed by atoms with E-state index in [2.05, 4.69) is 58.5 Å². The molecule has 1 aliphatic rings. The van der Waals surface area contributed by atoms with E-state index in [-0.39, 0.29) is 0 Å². The van der Waals surface area contributed by atoms with Crippen LogP contribution in [0.2, 0.25) is 0 Å². The van der Waals surface area contributed by atoms with Gasteiger partial charge in [0.25, 0.3) is 0 Å². The van der Waals surface area contributed by atoms with E-state index in [4.69, 9.17) is 4.98 Å². The number of hydrogen-bond donors (Lipinski definition) is 0. The Morgan fingerprint density at radius 1 is 1.28 bits per heavy atom. The minimum absolute atomic E-state index is 0.356. The average Bonchev–Trinajstić information content (AvgIpc) is 3.18. The lowest BCUT2D eigenvalue weighted by Crippen LogP contribution is -2.27. The largest absolute Gasteiger partial charge is 0.331 e. The molecule has 0 N–H and O–H groups in total. The third-order valence-electron chi connectivity index (χ3n) is 4.83. The molecule has 0 radical (unpaired) electrons. The van der Waals surface area contributed by atoms with Crippen molar-refractivity contribution in [3.63, 3.8) is 0 Å². The predicted molar refractivity (Wildman–Crippen MR) is 99.2 cm³/mol. The van der Waals surface area contributed by atoms with Gasteiger partial charge in [-0.05, 0) is 54.3 Å². The summed E-state index contributed by atoms with van der Waals surface area (Å²) in [5.74, 6) is 2.00. The Kier molecular flexibility index (Phi) is 5.49. The smallest absolute Gasteiger partial charge is 0.125 e. The van der Waals surface area contributed by atoms with Crippen LogP contribution in [0.25, 0.3) is 0 Å². The van der Waals surface area contributed by atoms with Gasteiger partial charge in [-0.25, -0.2) is 15.0 Å². The monoisotopic (exact) mass is 342 g/mol. The Bertz CT molecular complexity index is 706. The lowest BCUT2D eigenvalue weighted by molar-refractivity contribution is 0.230. The molecule has 1 saturated heterocycles. The van der Waals surface area contributed by atoms with Crippen LogP contribution in [0.3, 0.4) is 0 Å². The van der Waals surface area contributed by atoms with Crippen LogP contribution in [0.15, 0.2) is 18.6 Å². The van der Waals surface area contributed by atoms with Crippen molar-refractivity contribution in [3.05, 3.63) is 41.5 Å². The standard InChI is InChI=1S/C19H30N6/c1-14(2)25-10-8-20-18(25)13-24-9-6-7-17(24)19-16(12-23(4)5)11-21-15(3)22-19/h8,10-11,14,17H,6-7,9,12-13H2,1-5H3/t17-/m1/s1. The van der Waals surface area contributed by atoms with Gasteiger partial charge in [0.2, 0.25) is 0 Å². The zero-order chi connectivity index (χ0) is 18.0. The first-order valence-corrected chi connectivity index (χ1v) is 9.18. The lowest BCUT2D eigenvalue weighted by Gasteiger charge is -2.27. The van der Waals surface area contributed by atoms with Gasteiger partial charge in [-0.15, -0.1) is 0 Å². The molecule has 6 nitrogen and oxygen atoms in total. The predicted octanol–water partition coefficient (Wildman–Crippen LogP) is 2.96. The van der Waals surface area contributed by atoms with E-state index in [0.717, 1.165) is 37.7 Å². The molecule has 136 valence electrons. The molecule has 0 aliphatic carbocycles. The zero-order valence-corrected chi connectivity index (χ0v) is 16.1. The van der Waals surface area contributed by atoms with E-state index in [0.29, 0.717) is 12.1 Å². The quantitative estimate of drug-likeness (QED) is 0.808. The van der Waals surface area contributed by atoms with Crippen LogP contribution in [-0.2, 0) is 13.1 Å². The van der Waals surface area contributed by atoms with Crippen molar-refractivity contribution in [2.45, 2.75) is 58.8 Å². The first kappa shape index (κ1) is 18.0. The van der Waals surface area contributed by atoms with Gasteiger partial charge in [0, 0.05) is 36.7 Å². The van der Waals surface area contributed by atoms with Gasteiger partial charge in [-0.1, -0.05) is 0 Å². The molecule has 0 aromatic carbocycles. The summed E-state index contributed by atoms with van der Waals surface area (Å²) in [6, 6.07) is 0.790. The van der Waals surface area contributed by atoms with Crippen molar-refractivity contribution >= 4 is 0 Å². The van der Waals surface area contributed by atoms with Gasteiger partial charge in [0.15, 0.2) is 0 Å². The molecule has 3 heterocycles. The molecule has 1 aliphatic heterocycles. The van der Waals surface area contributed by atoms with Crippen LogP contribution in [0.4, 0.5) is 0 Å². The van der Waals surface area contributed by atoms with Crippen LogP contribution in [-0.4, -0.2) is 50.0 Å².